The molecule has 2 N–H and O–H groups in total. The van der Waals surface area contributed by atoms with Crippen LogP contribution in [0.1, 0.15) is 5.82 Å². The highest BCUT2D eigenvalue weighted by Crippen LogP contribution is 2.25. The number of aromatic nitrogens is 2. The number of nitrogen functional groups attached to an aromatic ring is 1. The SMILES string of the molecule is COCc1nc(N)cc(Oc2ccc(F)c(Cl)c2)n1. The second-order valence-electron chi connectivity index (χ2n) is 3.66. The number of nitrogens with zero attached hydrogens (tertiary/aromatic N) is 2. The Hall–Kier alpha value is -1.92. The van der Waals surface area contributed by atoms with E-state index in [0.717, 1.165) is 0 Å². The minimum Gasteiger partial charge on any atom is -0.439 e. The lowest BCUT2D eigenvalue weighted by atomic mass is 10.3. The Kier molecular flexibility index (Phi) is 4.13. The molecule has 1 aromatic carbocycles. The minimum absolute atomic E-state index is 0.0309. The van der Waals surface area contributed by atoms with Crippen LogP contribution in [0.15, 0.2) is 24.3 Å². The predicted molar refractivity (Wildman–Crippen MR) is 68.6 cm³/mol. The molecule has 0 aliphatic rings. The molecular weight excluding hydrogens is 273 g/mol. The molecule has 19 heavy (non-hydrogen) atoms. The number of ether oxygens (including phenoxy) is 2. The summed E-state index contributed by atoms with van der Waals surface area (Å²) < 4.78 is 23.4. The molecule has 0 saturated heterocycles. The molecule has 0 amide bonds. The Morgan fingerprint density at radius 2 is 2.11 bits per heavy atom. The third kappa shape index (κ3) is 3.52. The first-order valence-electron chi connectivity index (χ1n) is 5.34. The van der Waals surface area contributed by atoms with Crippen LogP contribution in [0.5, 0.6) is 11.6 Å². The van der Waals surface area contributed by atoms with Crippen LogP contribution in [0.4, 0.5) is 10.2 Å². The van der Waals surface area contributed by atoms with E-state index in [0.29, 0.717) is 11.6 Å². The lowest BCUT2D eigenvalue weighted by Gasteiger charge is -2.07. The quantitative estimate of drug-likeness (QED) is 0.934. The van der Waals surface area contributed by atoms with E-state index in [1.165, 1.54) is 31.4 Å². The molecule has 0 radical (unpaired) electrons. The van der Waals surface area contributed by atoms with Crippen molar-refractivity contribution in [2.45, 2.75) is 6.61 Å². The van der Waals surface area contributed by atoms with Gasteiger partial charge in [-0.3, -0.25) is 0 Å². The number of nitrogens with two attached hydrogens (primary N) is 1. The zero-order valence-corrected chi connectivity index (χ0v) is 10.8. The molecule has 0 spiro atoms. The van der Waals surface area contributed by atoms with Crippen LogP contribution in [-0.2, 0) is 11.3 Å². The number of halogens is 2. The zero-order chi connectivity index (χ0) is 13.8. The molecule has 1 aromatic heterocycles. The zero-order valence-electron chi connectivity index (χ0n) is 10.1. The van der Waals surface area contributed by atoms with Crippen molar-refractivity contribution in [2.75, 3.05) is 12.8 Å². The predicted octanol–water partition coefficient (Wildman–Crippen LogP) is 2.79. The normalized spacial score (nSPS) is 10.5. The van der Waals surface area contributed by atoms with Gasteiger partial charge in [-0.15, -0.1) is 0 Å². The van der Waals surface area contributed by atoms with Crippen LogP contribution in [-0.4, -0.2) is 17.1 Å². The van der Waals surface area contributed by atoms with Crippen LogP contribution < -0.4 is 10.5 Å². The summed E-state index contributed by atoms with van der Waals surface area (Å²) in [5.41, 5.74) is 5.62. The summed E-state index contributed by atoms with van der Waals surface area (Å²) in [5, 5.41) is -0.0309. The molecule has 7 heteroatoms. The minimum atomic E-state index is -0.517. The third-order valence-corrected chi connectivity index (χ3v) is 2.45. The van der Waals surface area contributed by atoms with Gasteiger partial charge in [0, 0.05) is 19.2 Å². The van der Waals surface area contributed by atoms with Crippen LogP contribution >= 0.6 is 11.6 Å². The lowest BCUT2D eigenvalue weighted by molar-refractivity contribution is 0.177. The summed E-state index contributed by atoms with van der Waals surface area (Å²) in [6, 6.07) is 5.45. The fourth-order valence-electron chi connectivity index (χ4n) is 1.40. The number of hydrogen-bond donors (Lipinski definition) is 1. The maximum absolute atomic E-state index is 13.0. The van der Waals surface area contributed by atoms with Crippen molar-refractivity contribution in [3.8, 4) is 11.6 Å². The Morgan fingerprint density at radius 3 is 2.79 bits per heavy atom. The average Bonchev–Trinajstić information content (AvgIpc) is 2.33. The highest BCUT2D eigenvalue weighted by Gasteiger charge is 2.07. The lowest BCUT2D eigenvalue weighted by Crippen LogP contribution is -2.02. The molecule has 5 nitrogen and oxygen atoms in total. The van der Waals surface area contributed by atoms with E-state index >= 15 is 0 Å². The van der Waals surface area contributed by atoms with Gasteiger partial charge in [-0.05, 0) is 12.1 Å². The van der Waals surface area contributed by atoms with Gasteiger partial charge in [0.15, 0.2) is 5.82 Å². The number of rotatable bonds is 4. The van der Waals surface area contributed by atoms with Gasteiger partial charge in [0.25, 0.3) is 0 Å². The first kappa shape index (κ1) is 13.5. The molecule has 0 aliphatic heterocycles. The average molecular weight is 284 g/mol. The molecule has 1 heterocycles. The molecule has 0 bridgehead atoms. The fraction of sp³-hybridized carbons (Fsp3) is 0.167. The Bertz CT molecular complexity index is 595. The third-order valence-electron chi connectivity index (χ3n) is 2.16. The molecule has 0 atom stereocenters. The van der Waals surface area contributed by atoms with Gasteiger partial charge in [0.1, 0.15) is 24.0 Å². The Morgan fingerprint density at radius 1 is 1.32 bits per heavy atom. The number of hydrogen-bond acceptors (Lipinski definition) is 5. The van der Waals surface area contributed by atoms with Crippen molar-refractivity contribution in [3.63, 3.8) is 0 Å². The summed E-state index contributed by atoms with van der Waals surface area (Å²) in [4.78, 5) is 8.07. The summed E-state index contributed by atoms with van der Waals surface area (Å²) in [6.45, 7) is 0.214. The van der Waals surface area contributed by atoms with Gasteiger partial charge in [-0.2, -0.15) is 4.98 Å². The monoisotopic (exact) mass is 283 g/mol. The van der Waals surface area contributed by atoms with Crippen LogP contribution in [0.2, 0.25) is 5.02 Å². The van der Waals surface area contributed by atoms with E-state index in [1.807, 2.05) is 0 Å². The van der Waals surface area contributed by atoms with E-state index in [2.05, 4.69) is 9.97 Å². The summed E-state index contributed by atoms with van der Waals surface area (Å²) in [5.74, 6) is 0.724. The van der Waals surface area contributed by atoms with Gasteiger partial charge in [-0.25, -0.2) is 9.37 Å². The van der Waals surface area contributed by atoms with Crippen molar-refractivity contribution in [3.05, 3.63) is 40.9 Å². The largest absolute Gasteiger partial charge is 0.439 e. The fourth-order valence-corrected chi connectivity index (χ4v) is 1.57. The molecule has 0 fully saturated rings. The Labute approximate surface area is 114 Å². The van der Waals surface area contributed by atoms with Crippen molar-refractivity contribution in [1.29, 1.82) is 0 Å². The van der Waals surface area contributed by atoms with Crippen LogP contribution in [0.3, 0.4) is 0 Å². The summed E-state index contributed by atoms with van der Waals surface area (Å²) in [7, 11) is 1.52. The van der Waals surface area contributed by atoms with Crippen molar-refractivity contribution < 1.29 is 13.9 Å². The standard InChI is InChI=1S/C12H11ClFN3O2/c1-18-6-11-16-10(15)5-12(17-11)19-7-2-3-9(14)8(13)4-7/h2-5H,6H2,1H3,(H2,15,16,17). The molecule has 2 rings (SSSR count). The smallest absolute Gasteiger partial charge is 0.224 e. The maximum Gasteiger partial charge on any atom is 0.224 e. The summed E-state index contributed by atoms with van der Waals surface area (Å²) in [6.07, 6.45) is 0. The highest BCUT2D eigenvalue weighted by atomic mass is 35.5. The number of anilines is 1. The molecule has 0 saturated carbocycles. The van der Waals surface area contributed by atoms with Gasteiger partial charge in [-0.1, -0.05) is 11.6 Å². The molecule has 0 aliphatic carbocycles. The first-order chi connectivity index (χ1) is 9.08. The van der Waals surface area contributed by atoms with Crippen molar-refractivity contribution in [1.82, 2.24) is 9.97 Å². The van der Waals surface area contributed by atoms with Gasteiger partial charge >= 0.3 is 0 Å². The van der Waals surface area contributed by atoms with Crippen LogP contribution in [0.25, 0.3) is 0 Å². The topological polar surface area (TPSA) is 70.3 Å². The van der Waals surface area contributed by atoms with E-state index < -0.39 is 5.82 Å². The van der Waals surface area contributed by atoms with Gasteiger partial charge in [0.05, 0.1) is 5.02 Å². The first-order valence-corrected chi connectivity index (χ1v) is 5.71. The second kappa shape index (κ2) is 5.81. The van der Waals surface area contributed by atoms with E-state index in [9.17, 15) is 4.39 Å². The van der Waals surface area contributed by atoms with E-state index in [4.69, 9.17) is 26.8 Å². The summed E-state index contributed by atoms with van der Waals surface area (Å²) >= 11 is 5.66. The van der Waals surface area contributed by atoms with Gasteiger partial charge < -0.3 is 15.2 Å². The highest BCUT2D eigenvalue weighted by molar-refractivity contribution is 6.30. The van der Waals surface area contributed by atoms with Gasteiger partial charge in [0.2, 0.25) is 5.88 Å². The van der Waals surface area contributed by atoms with Crippen molar-refractivity contribution >= 4 is 17.4 Å². The second-order valence-corrected chi connectivity index (χ2v) is 4.07. The molecule has 100 valence electrons. The molecule has 0 unspecified atom stereocenters. The Balaban J connectivity index is 2.24. The van der Waals surface area contributed by atoms with E-state index in [1.54, 1.807) is 0 Å². The number of methoxy groups -OCH3 is 1. The molecular formula is C12H11ClFN3O2. The van der Waals surface area contributed by atoms with Crippen LogP contribution in [0, 0.1) is 5.82 Å². The van der Waals surface area contributed by atoms with Crippen molar-refractivity contribution in [2.24, 2.45) is 0 Å². The maximum atomic E-state index is 13.0. The molecule has 2 aromatic rings. The number of benzene rings is 1. The van der Waals surface area contributed by atoms with E-state index in [-0.39, 0.29) is 23.3 Å².